The van der Waals surface area contributed by atoms with E-state index in [1.54, 1.807) is 36.1 Å². The summed E-state index contributed by atoms with van der Waals surface area (Å²) in [4.78, 5) is 23.8. The number of benzene rings is 2. The maximum Gasteiger partial charge on any atom is 0.278 e. The molecule has 8 heteroatoms. The van der Waals surface area contributed by atoms with E-state index in [4.69, 9.17) is 4.74 Å². The van der Waals surface area contributed by atoms with Gasteiger partial charge in [0.25, 0.3) is 5.91 Å². The van der Waals surface area contributed by atoms with E-state index in [1.165, 1.54) is 6.92 Å². The van der Waals surface area contributed by atoms with Crippen molar-refractivity contribution in [1.82, 2.24) is 15.0 Å². The predicted octanol–water partition coefficient (Wildman–Crippen LogP) is 2.93. The van der Waals surface area contributed by atoms with Gasteiger partial charge in [0.2, 0.25) is 5.91 Å². The Hall–Kier alpha value is -3.52. The first-order chi connectivity index (χ1) is 13.5. The van der Waals surface area contributed by atoms with Gasteiger partial charge in [0, 0.05) is 25.4 Å². The summed E-state index contributed by atoms with van der Waals surface area (Å²) in [5.74, 6) is -0.550. The van der Waals surface area contributed by atoms with Crippen molar-refractivity contribution < 1.29 is 14.3 Å². The molecule has 0 saturated carbocycles. The minimum Gasteiger partial charge on any atom is -0.378 e. The molecule has 2 aromatic carbocycles. The molecule has 0 fully saturated rings. The number of carbonyl (C=O) groups is 2. The Morgan fingerprint density at radius 1 is 1.00 bits per heavy atom. The van der Waals surface area contributed by atoms with Gasteiger partial charge >= 0.3 is 0 Å². The minimum absolute atomic E-state index is 0.159. The highest BCUT2D eigenvalue weighted by Crippen LogP contribution is 2.18. The number of anilines is 2. The molecule has 144 valence electrons. The van der Waals surface area contributed by atoms with E-state index < -0.39 is 5.91 Å². The van der Waals surface area contributed by atoms with Crippen LogP contribution in [0.25, 0.3) is 5.69 Å². The molecule has 28 heavy (non-hydrogen) atoms. The standard InChI is InChI=1S/C20H21N5O3/c1-13-4-10-17(11-5-13)25-18(12-28-3)19(23-24-25)20(27)22-16-8-6-15(7-9-16)21-14(2)26/h4-11H,12H2,1-3H3,(H,21,26)(H,22,27). The Bertz CT molecular complexity index is 978. The largest absolute Gasteiger partial charge is 0.378 e. The van der Waals surface area contributed by atoms with Crippen molar-refractivity contribution in [3.05, 3.63) is 65.5 Å². The number of ether oxygens (including phenoxy) is 1. The van der Waals surface area contributed by atoms with Gasteiger partial charge in [0.05, 0.1) is 12.3 Å². The highest BCUT2D eigenvalue weighted by molar-refractivity contribution is 6.03. The van der Waals surface area contributed by atoms with Crippen LogP contribution in [-0.4, -0.2) is 33.9 Å². The third kappa shape index (κ3) is 4.41. The summed E-state index contributed by atoms with van der Waals surface area (Å²) < 4.78 is 6.84. The number of rotatable bonds is 6. The SMILES string of the molecule is COCc1c(C(=O)Nc2ccc(NC(C)=O)cc2)nnn1-c1ccc(C)cc1. The number of carbonyl (C=O) groups excluding carboxylic acids is 2. The average Bonchev–Trinajstić information content (AvgIpc) is 3.08. The second-order valence-corrected chi connectivity index (χ2v) is 6.28. The van der Waals surface area contributed by atoms with Crippen LogP contribution in [0, 0.1) is 6.92 Å². The Morgan fingerprint density at radius 2 is 1.61 bits per heavy atom. The molecule has 0 radical (unpaired) electrons. The molecule has 1 heterocycles. The van der Waals surface area contributed by atoms with E-state index in [0.717, 1.165) is 11.3 Å². The van der Waals surface area contributed by atoms with Gasteiger partial charge in [-0.3, -0.25) is 9.59 Å². The molecule has 2 amide bonds. The average molecular weight is 379 g/mol. The molecule has 3 aromatic rings. The molecule has 0 saturated heterocycles. The van der Waals surface area contributed by atoms with Crippen molar-refractivity contribution in [2.24, 2.45) is 0 Å². The number of nitrogens with one attached hydrogen (secondary N) is 2. The van der Waals surface area contributed by atoms with Crippen LogP contribution in [0.3, 0.4) is 0 Å². The van der Waals surface area contributed by atoms with Gasteiger partial charge in [0.15, 0.2) is 5.69 Å². The van der Waals surface area contributed by atoms with Crippen molar-refractivity contribution in [3.63, 3.8) is 0 Å². The van der Waals surface area contributed by atoms with Gasteiger partial charge in [-0.25, -0.2) is 4.68 Å². The third-order valence-electron chi connectivity index (χ3n) is 4.00. The van der Waals surface area contributed by atoms with Crippen molar-refractivity contribution in [3.8, 4) is 5.69 Å². The molecular formula is C20H21N5O3. The van der Waals surface area contributed by atoms with Gasteiger partial charge in [-0.1, -0.05) is 22.9 Å². The summed E-state index contributed by atoms with van der Waals surface area (Å²) in [5, 5.41) is 13.6. The monoisotopic (exact) mass is 379 g/mol. The Labute approximate surface area is 162 Å². The number of hydrogen-bond acceptors (Lipinski definition) is 5. The third-order valence-corrected chi connectivity index (χ3v) is 4.00. The van der Waals surface area contributed by atoms with Crippen LogP contribution in [0.4, 0.5) is 11.4 Å². The van der Waals surface area contributed by atoms with Gasteiger partial charge in [-0.2, -0.15) is 0 Å². The second-order valence-electron chi connectivity index (χ2n) is 6.28. The molecule has 3 rings (SSSR count). The minimum atomic E-state index is -0.391. The van der Waals surface area contributed by atoms with Crippen LogP contribution >= 0.6 is 0 Å². The topological polar surface area (TPSA) is 98.1 Å². The zero-order valence-electron chi connectivity index (χ0n) is 15.9. The Balaban J connectivity index is 1.83. The molecule has 0 unspecified atom stereocenters. The first-order valence-corrected chi connectivity index (χ1v) is 8.67. The molecule has 8 nitrogen and oxygen atoms in total. The smallest absolute Gasteiger partial charge is 0.278 e. The predicted molar refractivity (Wildman–Crippen MR) is 106 cm³/mol. The quantitative estimate of drug-likeness (QED) is 0.686. The summed E-state index contributed by atoms with van der Waals surface area (Å²) in [6.07, 6.45) is 0. The van der Waals surface area contributed by atoms with Crippen molar-refractivity contribution in [2.75, 3.05) is 17.7 Å². The number of nitrogens with zero attached hydrogens (tertiary/aromatic N) is 3. The summed E-state index contributed by atoms with van der Waals surface area (Å²) in [6.45, 7) is 3.62. The van der Waals surface area contributed by atoms with Crippen LogP contribution in [0.2, 0.25) is 0 Å². The van der Waals surface area contributed by atoms with Crippen molar-refractivity contribution >= 4 is 23.2 Å². The molecule has 0 bridgehead atoms. The normalized spacial score (nSPS) is 10.5. The fourth-order valence-electron chi connectivity index (χ4n) is 2.67. The summed E-state index contributed by atoms with van der Waals surface area (Å²) in [5.41, 5.74) is 3.89. The highest BCUT2D eigenvalue weighted by Gasteiger charge is 2.20. The highest BCUT2D eigenvalue weighted by atomic mass is 16.5. The molecular weight excluding hydrogens is 358 g/mol. The fraction of sp³-hybridized carbons (Fsp3) is 0.200. The maximum absolute atomic E-state index is 12.7. The molecule has 0 aliphatic heterocycles. The van der Waals surface area contributed by atoms with E-state index in [1.807, 2.05) is 31.2 Å². The molecule has 0 atom stereocenters. The van der Waals surface area contributed by atoms with Crippen LogP contribution < -0.4 is 10.6 Å². The lowest BCUT2D eigenvalue weighted by molar-refractivity contribution is -0.114. The number of aromatic nitrogens is 3. The molecule has 0 aliphatic rings. The van der Waals surface area contributed by atoms with Crippen LogP contribution in [0.5, 0.6) is 0 Å². The molecule has 1 aromatic heterocycles. The Morgan fingerprint density at radius 3 is 2.18 bits per heavy atom. The maximum atomic E-state index is 12.7. The Kier molecular flexibility index (Phi) is 5.81. The zero-order valence-corrected chi connectivity index (χ0v) is 15.9. The lowest BCUT2D eigenvalue weighted by Crippen LogP contribution is -2.16. The van der Waals surface area contributed by atoms with Gasteiger partial charge in [-0.15, -0.1) is 5.10 Å². The summed E-state index contributed by atoms with van der Waals surface area (Å²) in [6, 6.07) is 14.5. The lowest BCUT2D eigenvalue weighted by Gasteiger charge is -2.09. The van der Waals surface area contributed by atoms with Crippen LogP contribution in [0.15, 0.2) is 48.5 Å². The number of hydrogen-bond donors (Lipinski definition) is 2. The van der Waals surface area contributed by atoms with E-state index in [2.05, 4.69) is 20.9 Å². The number of amides is 2. The number of aryl methyl sites for hydroxylation is 1. The van der Waals surface area contributed by atoms with Crippen molar-refractivity contribution in [2.45, 2.75) is 20.5 Å². The zero-order chi connectivity index (χ0) is 20.1. The van der Waals surface area contributed by atoms with E-state index in [0.29, 0.717) is 17.1 Å². The van der Waals surface area contributed by atoms with Crippen LogP contribution in [0.1, 0.15) is 28.7 Å². The van der Waals surface area contributed by atoms with Gasteiger partial charge < -0.3 is 15.4 Å². The first kappa shape index (κ1) is 19.2. The first-order valence-electron chi connectivity index (χ1n) is 8.67. The summed E-state index contributed by atoms with van der Waals surface area (Å²) in [7, 11) is 1.55. The summed E-state index contributed by atoms with van der Waals surface area (Å²) >= 11 is 0. The van der Waals surface area contributed by atoms with Crippen LogP contribution in [-0.2, 0) is 16.1 Å². The number of methoxy groups -OCH3 is 1. The second kappa shape index (κ2) is 8.45. The van der Waals surface area contributed by atoms with Gasteiger partial charge in [-0.05, 0) is 43.3 Å². The van der Waals surface area contributed by atoms with Gasteiger partial charge in [0.1, 0.15) is 5.69 Å². The van der Waals surface area contributed by atoms with E-state index in [-0.39, 0.29) is 18.2 Å². The molecule has 0 aliphatic carbocycles. The molecule has 0 spiro atoms. The molecule has 2 N–H and O–H groups in total. The van der Waals surface area contributed by atoms with Crippen molar-refractivity contribution in [1.29, 1.82) is 0 Å². The van der Waals surface area contributed by atoms with E-state index in [9.17, 15) is 9.59 Å². The van der Waals surface area contributed by atoms with E-state index >= 15 is 0 Å². The fourth-order valence-corrected chi connectivity index (χ4v) is 2.67. The lowest BCUT2D eigenvalue weighted by atomic mass is 10.2.